The van der Waals surface area contributed by atoms with E-state index in [0.717, 1.165) is 35.7 Å². The average molecular weight is 349 g/mol. The Labute approximate surface area is 150 Å². The molecule has 5 heteroatoms. The first kappa shape index (κ1) is 20.0. The number of aryl methyl sites for hydroxylation is 2. The van der Waals surface area contributed by atoms with Crippen LogP contribution in [-0.4, -0.2) is 19.1 Å². The maximum absolute atomic E-state index is 12.1. The summed E-state index contributed by atoms with van der Waals surface area (Å²) in [7, 11) is 0. The Morgan fingerprint density at radius 2 is 1.88 bits per heavy atom. The summed E-state index contributed by atoms with van der Waals surface area (Å²) in [6.07, 6.45) is 0. The van der Waals surface area contributed by atoms with Gasteiger partial charge in [0.25, 0.3) is 5.91 Å². The number of hydrogen-bond acceptors (Lipinski definition) is 3. The Balaban J connectivity index is 0.00000288. The molecule has 0 fully saturated rings. The summed E-state index contributed by atoms with van der Waals surface area (Å²) in [5, 5.41) is 6.18. The third-order valence-electron chi connectivity index (χ3n) is 3.55. The molecule has 0 bridgehead atoms. The van der Waals surface area contributed by atoms with Crippen LogP contribution >= 0.6 is 12.4 Å². The Morgan fingerprint density at radius 1 is 1.12 bits per heavy atom. The molecular formula is C19H25ClN2O2. The van der Waals surface area contributed by atoms with Gasteiger partial charge in [0.15, 0.2) is 6.61 Å². The minimum absolute atomic E-state index is 0. The molecule has 0 heterocycles. The maximum atomic E-state index is 12.1. The maximum Gasteiger partial charge on any atom is 0.262 e. The van der Waals surface area contributed by atoms with Crippen LogP contribution in [0.25, 0.3) is 0 Å². The summed E-state index contributed by atoms with van der Waals surface area (Å²) in [4.78, 5) is 12.1. The first-order chi connectivity index (χ1) is 11.1. The average Bonchev–Trinajstić information content (AvgIpc) is 2.53. The molecule has 130 valence electrons. The highest BCUT2D eigenvalue weighted by Crippen LogP contribution is 2.19. The van der Waals surface area contributed by atoms with Crippen LogP contribution in [0, 0.1) is 13.8 Å². The van der Waals surface area contributed by atoms with Gasteiger partial charge < -0.3 is 15.4 Å². The highest BCUT2D eigenvalue weighted by molar-refractivity contribution is 5.92. The summed E-state index contributed by atoms with van der Waals surface area (Å²) in [5.74, 6) is 0.584. The number of amides is 1. The number of hydrogen-bond donors (Lipinski definition) is 2. The van der Waals surface area contributed by atoms with Gasteiger partial charge in [-0.05, 0) is 43.7 Å². The molecule has 0 aliphatic carbocycles. The third kappa shape index (κ3) is 5.87. The molecule has 2 N–H and O–H groups in total. The van der Waals surface area contributed by atoms with E-state index < -0.39 is 0 Å². The number of para-hydroxylation sites is 1. The fourth-order valence-corrected chi connectivity index (χ4v) is 2.35. The first-order valence-corrected chi connectivity index (χ1v) is 7.88. The molecule has 0 aliphatic rings. The predicted molar refractivity (Wildman–Crippen MR) is 101 cm³/mol. The van der Waals surface area contributed by atoms with Crippen molar-refractivity contribution >= 4 is 24.0 Å². The number of halogens is 1. The predicted octanol–water partition coefficient (Wildman–Crippen LogP) is 3.85. The van der Waals surface area contributed by atoms with E-state index in [9.17, 15) is 4.79 Å². The van der Waals surface area contributed by atoms with Crippen LogP contribution in [0.1, 0.15) is 23.6 Å². The fourth-order valence-electron chi connectivity index (χ4n) is 2.35. The minimum Gasteiger partial charge on any atom is -0.483 e. The lowest BCUT2D eigenvalue weighted by molar-refractivity contribution is -0.118. The van der Waals surface area contributed by atoms with E-state index in [2.05, 4.69) is 17.6 Å². The zero-order valence-electron chi connectivity index (χ0n) is 14.4. The highest BCUT2D eigenvalue weighted by atomic mass is 35.5. The van der Waals surface area contributed by atoms with E-state index >= 15 is 0 Å². The number of ether oxygens (including phenoxy) is 1. The lowest BCUT2D eigenvalue weighted by Gasteiger charge is -2.13. The third-order valence-corrected chi connectivity index (χ3v) is 3.55. The largest absolute Gasteiger partial charge is 0.483 e. The van der Waals surface area contributed by atoms with Crippen molar-refractivity contribution in [1.82, 2.24) is 5.32 Å². The zero-order chi connectivity index (χ0) is 16.7. The Kier molecular flexibility index (Phi) is 8.30. The van der Waals surface area contributed by atoms with Crippen molar-refractivity contribution in [3.8, 4) is 5.75 Å². The number of nitrogens with one attached hydrogen (secondary N) is 2. The first-order valence-electron chi connectivity index (χ1n) is 7.88. The quantitative estimate of drug-likeness (QED) is 0.799. The number of anilines is 1. The van der Waals surface area contributed by atoms with Crippen molar-refractivity contribution < 1.29 is 9.53 Å². The number of carbonyl (C=O) groups excluding carboxylic acids is 1. The molecule has 0 radical (unpaired) electrons. The standard InChI is InChI=1S/C19H24N2O2.ClH/c1-4-20-12-16-7-5-6-8-17(16)21-19(22)13-23-18-10-9-14(2)11-15(18)3;/h5-11,20H,4,12-13H2,1-3H3,(H,21,22);1H. The lowest BCUT2D eigenvalue weighted by atomic mass is 10.1. The molecule has 0 aromatic heterocycles. The van der Waals surface area contributed by atoms with Crippen LogP contribution in [0.2, 0.25) is 0 Å². The van der Waals surface area contributed by atoms with Crippen molar-refractivity contribution in [2.75, 3.05) is 18.5 Å². The van der Waals surface area contributed by atoms with Crippen LogP contribution in [0.15, 0.2) is 42.5 Å². The van der Waals surface area contributed by atoms with Crippen molar-refractivity contribution in [3.63, 3.8) is 0 Å². The second-order valence-corrected chi connectivity index (χ2v) is 5.54. The monoisotopic (exact) mass is 348 g/mol. The molecule has 1 amide bonds. The summed E-state index contributed by atoms with van der Waals surface area (Å²) < 4.78 is 5.62. The Morgan fingerprint density at radius 3 is 2.58 bits per heavy atom. The fraction of sp³-hybridized carbons (Fsp3) is 0.316. The van der Waals surface area contributed by atoms with Crippen molar-refractivity contribution in [1.29, 1.82) is 0 Å². The molecule has 24 heavy (non-hydrogen) atoms. The zero-order valence-corrected chi connectivity index (χ0v) is 15.2. The molecule has 4 nitrogen and oxygen atoms in total. The SMILES string of the molecule is CCNCc1ccccc1NC(=O)COc1ccc(C)cc1C.Cl. The second kappa shape index (κ2) is 9.96. The number of benzene rings is 2. The van der Waals surface area contributed by atoms with E-state index in [-0.39, 0.29) is 24.9 Å². The summed E-state index contributed by atoms with van der Waals surface area (Å²) in [5.41, 5.74) is 4.10. The van der Waals surface area contributed by atoms with Gasteiger partial charge >= 0.3 is 0 Å². The molecule has 0 spiro atoms. The van der Waals surface area contributed by atoms with Gasteiger partial charge in [0.1, 0.15) is 5.75 Å². The molecular weight excluding hydrogens is 324 g/mol. The van der Waals surface area contributed by atoms with Gasteiger partial charge in [-0.1, -0.05) is 42.8 Å². The molecule has 0 unspecified atom stereocenters. The molecule has 0 saturated heterocycles. The minimum atomic E-state index is -0.158. The molecule has 0 atom stereocenters. The molecule has 2 aromatic rings. The van der Waals surface area contributed by atoms with Gasteiger partial charge in [0.2, 0.25) is 0 Å². The van der Waals surface area contributed by atoms with Crippen LogP contribution in [0.4, 0.5) is 5.69 Å². The molecule has 2 rings (SSSR count). The number of rotatable bonds is 7. The van der Waals surface area contributed by atoms with E-state index in [1.807, 2.05) is 56.3 Å². The van der Waals surface area contributed by atoms with Gasteiger partial charge in [-0.15, -0.1) is 12.4 Å². The van der Waals surface area contributed by atoms with Crippen LogP contribution in [0.5, 0.6) is 5.75 Å². The van der Waals surface area contributed by atoms with Crippen molar-refractivity contribution in [3.05, 3.63) is 59.2 Å². The molecule has 0 aliphatic heterocycles. The van der Waals surface area contributed by atoms with E-state index in [0.29, 0.717) is 0 Å². The van der Waals surface area contributed by atoms with E-state index in [4.69, 9.17) is 4.74 Å². The van der Waals surface area contributed by atoms with Crippen molar-refractivity contribution in [2.45, 2.75) is 27.3 Å². The topological polar surface area (TPSA) is 50.4 Å². The summed E-state index contributed by atoms with van der Waals surface area (Å²) in [6.45, 7) is 7.68. The smallest absolute Gasteiger partial charge is 0.262 e. The van der Waals surface area contributed by atoms with Crippen molar-refractivity contribution in [2.24, 2.45) is 0 Å². The second-order valence-electron chi connectivity index (χ2n) is 5.54. The van der Waals surface area contributed by atoms with Gasteiger partial charge in [0, 0.05) is 12.2 Å². The normalized spacial score (nSPS) is 9.96. The molecule has 2 aromatic carbocycles. The molecule has 0 saturated carbocycles. The highest BCUT2D eigenvalue weighted by Gasteiger charge is 2.08. The summed E-state index contributed by atoms with van der Waals surface area (Å²) >= 11 is 0. The van der Waals surface area contributed by atoms with Crippen LogP contribution in [-0.2, 0) is 11.3 Å². The van der Waals surface area contributed by atoms with Gasteiger partial charge in [-0.25, -0.2) is 0 Å². The van der Waals surface area contributed by atoms with E-state index in [1.165, 1.54) is 5.56 Å². The van der Waals surface area contributed by atoms with Crippen LogP contribution in [0.3, 0.4) is 0 Å². The van der Waals surface area contributed by atoms with Crippen LogP contribution < -0.4 is 15.4 Å². The van der Waals surface area contributed by atoms with Gasteiger partial charge in [0.05, 0.1) is 0 Å². The van der Waals surface area contributed by atoms with E-state index in [1.54, 1.807) is 0 Å². The Bertz CT molecular complexity index is 674. The lowest BCUT2D eigenvalue weighted by Crippen LogP contribution is -2.22. The van der Waals surface area contributed by atoms with Gasteiger partial charge in [-0.2, -0.15) is 0 Å². The Hall–Kier alpha value is -2.04. The summed E-state index contributed by atoms with van der Waals surface area (Å²) in [6, 6.07) is 13.7. The van der Waals surface area contributed by atoms with Gasteiger partial charge in [-0.3, -0.25) is 4.79 Å². The number of carbonyl (C=O) groups is 1.